The van der Waals surface area contributed by atoms with Gasteiger partial charge in [0, 0.05) is 32.0 Å². The summed E-state index contributed by atoms with van der Waals surface area (Å²) in [5.74, 6) is 0.732. The van der Waals surface area contributed by atoms with Crippen molar-refractivity contribution in [1.82, 2.24) is 24.3 Å². The Morgan fingerprint density at radius 1 is 1.10 bits per heavy atom. The second-order valence-electron chi connectivity index (χ2n) is 7.52. The second kappa shape index (κ2) is 9.34. The van der Waals surface area contributed by atoms with E-state index in [1.807, 2.05) is 43.3 Å². The molecular weight excluding hydrogens is 418 g/mol. The number of unbranched alkanes of at least 4 members (excludes halogenated alkanes) is 1. The average Bonchev–Trinajstić information content (AvgIpc) is 3.37. The Morgan fingerprint density at radius 2 is 1.87 bits per heavy atom. The van der Waals surface area contributed by atoms with Crippen molar-refractivity contribution in [1.29, 1.82) is 0 Å². The van der Waals surface area contributed by atoms with Gasteiger partial charge in [0.1, 0.15) is 5.76 Å². The topological polar surface area (TPSA) is 98.7 Å². The fourth-order valence-electron chi connectivity index (χ4n) is 3.63. The standard InChI is InChI=1S/C22H24ClN5O3/c1-2-3-11-27-19-18(24-21(23)25-19)20(29)28(22(27)30)12-7-10-17-14-16(26-31-17)13-15-8-5-4-6-9-15/h4-6,8-9,14H,2-3,7,10-13H2,1H3,(H,24,25). The molecule has 0 radical (unpaired) electrons. The predicted octanol–water partition coefficient (Wildman–Crippen LogP) is 3.55. The lowest BCUT2D eigenvalue weighted by molar-refractivity contribution is 0.371. The summed E-state index contributed by atoms with van der Waals surface area (Å²) in [5.41, 5.74) is 1.81. The van der Waals surface area contributed by atoms with E-state index < -0.39 is 5.56 Å². The van der Waals surface area contributed by atoms with Gasteiger partial charge in [-0.2, -0.15) is 4.98 Å². The summed E-state index contributed by atoms with van der Waals surface area (Å²) in [7, 11) is 0. The molecule has 1 aromatic carbocycles. The minimum Gasteiger partial charge on any atom is -0.361 e. The van der Waals surface area contributed by atoms with Crippen LogP contribution in [0.5, 0.6) is 0 Å². The van der Waals surface area contributed by atoms with E-state index in [9.17, 15) is 9.59 Å². The van der Waals surface area contributed by atoms with Gasteiger partial charge in [-0.3, -0.25) is 13.9 Å². The highest BCUT2D eigenvalue weighted by atomic mass is 35.5. The number of halogens is 1. The largest absolute Gasteiger partial charge is 0.361 e. The van der Waals surface area contributed by atoms with E-state index in [0.717, 1.165) is 29.9 Å². The number of nitrogens with one attached hydrogen (secondary N) is 1. The van der Waals surface area contributed by atoms with Crippen LogP contribution in [0.2, 0.25) is 5.28 Å². The zero-order valence-electron chi connectivity index (χ0n) is 17.3. The Kier molecular flexibility index (Phi) is 6.36. The summed E-state index contributed by atoms with van der Waals surface area (Å²) in [6.45, 7) is 2.79. The molecule has 0 unspecified atom stereocenters. The van der Waals surface area contributed by atoms with Crippen molar-refractivity contribution < 1.29 is 4.52 Å². The van der Waals surface area contributed by atoms with Crippen LogP contribution in [0.4, 0.5) is 0 Å². The number of benzene rings is 1. The lowest BCUT2D eigenvalue weighted by atomic mass is 10.1. The Morgan fingerprint density at radius 3 is 2.65 bits per heavy atom. The van der Waals surface area contributed by atoms with Crippen molar-refractivity contribution in [3.63, 3.8) is 0 Å². The molecule has 31 heavy (non-hydrogen) atoms. The summed E-state index contributed by atoms with van der Waals surface area (Å²) in [4.78, 5) is 32.7. The second-order valence-corrected chi connectivity index (χ2v) is 7.88. The number of aromatic nitrogens is 5. The number of hydrogen-bond donors (Lipinski definition) is 1. The highest BCUT2D eigenvalue weighted by Gasteiger charge is 2.17. The fraction of sp³-hybridized carbons (Fsp3) is 0.364. The number of H-pyrrole nitrogens is 1. The summed E-state index contributed by atoms with van der Waals surface area (Å²) >= 11 is 5.96. The molecule has 3 aromatic heterocycles. The van der Waals surface area contributed by atoms with Crippen molar-refractivity contribution in [3.05, 3.63) is 79.5 Å². The SMILES string of the molecule is CCCCn1c(=O)n(CCCc2cc(Cc3ccccc3)no2)c(=O)c2[nH]c(Cl)nc21. The smallest absolute Gasteiger partial charge is 0.332 e. The summed E-state index contributed by atoms with van der Waals surface area (Å²) in [6.07, 6.45) is 3.56. The van der Waals surface area contributed by atoms with Gasteiger partial charge < -0.3 is 9.51 Å². The van der Waals surface area contributed by atoms with Gasteiger partial charge >= 0.3 is 5.69 Å². The molecule has 0 saturated heterocycles. The molecule has 0 aliphatic rings. The van der Waals surface area contributed by atoms with E-state index in [0.29, 0.717) is 31.5 Å². The first-order chi connectivity index (χ1) is 15.1. The van der Waals surface area contributed by atoms with Crippen LogP contribution in [0.1, 0.15) is 43.2 Å². The van der Waals surface area contributed by atoms with Crippen LogP contribution in [0, 0.1) is 0 Å². The van der Waals surface area contributed by atoms with Crippen molar-refractivity contribution in [2.24, 2.45) is 0 Å². The summed E-state index contributed by atoms with van der Waals surface area (Å²) in [6, 6.07) is 12.0. The van der Waals surface area contributed by atoms with E-state index in [1.54, 1.807) is 0 Å². The molecule has 0 amide bonds. The van der Waals surface area contributed by atoms with Gasteiger partial charge in [0.05, 0.1) is 5.69 Å². The molecule has 0 atom stereocenters. The first-order valence-corrected chi connectivity index (χ1v) is 10.8. The summed E-state index contributed by atoms with van der Waals surface area (Å²) < 4.78 is 8.20. The molecular formula is C22H24ClN5O3. The normalized spacial score (nSPS) is 11.4. The van der Waals surface area contributed by atoms with E-state index in [2.05, 4.69) is 15.1 Å². The zero-order valence-corrected chi connectivity index (χ0v) is 18.1. The van der Waals surface area contributed by atoms with Gasteiger partial charge in [-0.25, -0.2) is 4.79 Å². The number of imidazole rings is 1. The average molecular weight is 442 g/mol. The van der Waals surface area contributed by atoms with E-state index in [1.165, 1.54) is 9.13 Å². The Labute approximate surface area is 183 Å². The van der Waals surface area contributed by atoms with Crippen LogP contribution < -0.4 is 11.2 Å². The van der Waals surface area contributed by atoms with Gasteiger partial charge in [0.25, 0.3) is 5.56 Å². The number of hydrogen-bond acceptors (Lipinski definition) is 5. The molecule has 0 aliphatic carbocycles. The van der Waals surface area contributed by atoms with Crippen LogP contribution in [0.25, 0.3) is 11.2 Å². The lowest BCUT2D eigenvalue weighted by Crippen LogP contribution is -2.40. The number of aryl methyl sites for hydroxylation is 2. The summed E-state index contributed by atoms with van der Waals surface area (Å²) in [5, 5.41) is 4.23. The van der Waals surface area contributed by atoms with E-state index >= 15 is 0 Å². The molecule has 0 bridgehead atoms. The fourth-order valence-corrected chi connectivity index (χ4v) is 3.80. The minimum atomic E-state index is -0.408. The molecule has 162 valence electrons. The minimum absolute atomic E-state index is 0.0992. The van der Waals surface area contributed by atoms with E-state index in [-0.39, 0.29) is 23.0 Å². The molecule has 0 fully saturated rings. The van der Waals surface area contributed by atoms with Crippen LogP contribution >= 0.6 is 11.6 Å². The number of aromatic amines is 1. The first kappa shape index (κ1) is 21.1. The van der Waals surface area contributed by atoms with Crippen molar-refractivity contribution in [3.8, 4) is 0 Å². The molecule has 1 N–H and O–H groups in total. The van der Waals surface area contributed by atoms with E-state index in [4.69, 9.17) is 16.1 Å². The maximum atomic E-state index is 13.0. The van der Waals surface area contributed by atoms with Crippen LogP contribution in [0.3, 0.4) is 0 Å². The van der Waals surface area contributed by atoms with Crippen LogP contribution in [-0.2, 0) is 25.9 Å². The highest BCUT2D eigenvalue weighted by molar-refractivity contribution is 6.28. The van der Waals surface area contributed by atoms with Crippen LogP contribution in [0.15, 0.2) is 50.5 Å². The Balaban J connectivity index is 1.49. The molecule has 4 rings (SSSR count). The maximum Gasteiger partial charge on any atom is 0.332 e. The van der Waals surface area contributed by atoms with Crippen molar-refractivity contribution in [2.45, 2.75) is 52.1 Å². The molecule has 9 heteroatoms. The molecule has 0 spiro atoms. The molecule has 0 aliphatic heterocycles. The predicted molar refractivity (Wildman–Crippen MR) is 119 cm³/mol. The first-order valence-electron chi connectivity index (χ1n) is 10.4. The molecule has 4 aromatic rings. The van der Waals surface area contributed by atoms with Gasteiger partial charge in [-0.15, -0.1) is 0 Å². The van der Waals surface area contributed by atoms with Gasteiger partial charge in [-0.1, -0.05) is 48.8 Å². The maximum absolute atomic E-state index is 13.0. The Hall–Kier alpha value is -3.13. The highest BCUT2D eigenvalue weighted by Crippen LogP contribution is 2.13. The zero-order chi connectivity index (χ0) is 21.8. The molecule has 0 saturated carbocycles. The van der Waals surface area contributed by atoms with Crippen molar-refractivity contribution in [2.75, 3.05) is 0 Å². The van der Waals surface area contributed by atoms with Crippen molar-refractivity contribution >= 4 is 22.8 Å². The monoisotopic (exact) mass is 441 g/mol. The third-order valence-corrected chi connectivity index (χ3v) is 5.39. The lowest BCUT2D eigenvalue weighted by Gasteiger charge is -2.10. The number of fused-ring (bicyclic) bond motifs is 1. The number of rotatable bonds is 9. The molecule has 8 nitrogen and oxygen atoms in total. The third-order valence-electron chi connectivity index (χ3n) is 5.21. The van der Waals surface area contributed by atoms with Gasteiger partial charge in [0.15, 0.2) is 11.2 Å². The van der Waals surface area contributed by atoms with Gasteiger partial charge in [0.2, 0.25) is 5.28 Å². The molecule has 3 heterocycles. The van der Waals surface area contributed by atoms with Crippen LogP contribution in [-0.4, -0.2) is 24.3 Å². The number of nitrogens with zero attached hydrogens (tertiary/aromatic N) is 4. The Bertz CT molecular complexity index is 1290. The third kappa shape index (κ3) is 4.64. The quantitative estimate of drug-likeness (QED) is 0.400. The van der Waals surface area contributed by atoms with Gasteiger partial charge in [-0.05, 0) is 30.0 Å².